The lowest BCUT2D eigenvalue weighted by Gasteiger charge is -2.12. The summed E-state index contributed by atoms with van der Waals surface area (Å²) in [7, 11) is 0. The summed E-state index contributed by atoms with van der Waals surface area (Å²) in [4.78, 5) is 14.3. The van der Waals surface area contributed by atoms with Gasteiger partial charge in [0.05, 0.1) is 17.5 Å². The van der Waals surface area contributed by atoms with Gasteiger partial charge in [-0.3, -0.25) is 10.1 Å². The number of nitrogens with zero attached hydrogens (tertiary/aromatic N) is 2. The fourth-order valence-corrected chi connectivity index (χ4v) is 2.22. The normalized spacial score (nSPS) is 16.3. The number of hydrogen-bond donors (Lipinski definition) is 1. The molecule has 1 atom stereocenters. The molecule has 6 heteroatoms. The van der Waals surface area contributed by atoms with Gasteiger partial charge in [0.2, 0.25) is 0 Å². The van der Waals surface area contributed by atoms with Crippen LogP contribution in [0.5, 0.6) is 5.75 Å². The van der Waals surface area contributed by atoms with E-state index in [9.17, 15) is 10.1 Å². The maximum Gasteiger partial charge on any atom is 0.274 e. The summed E-state index contributed by atoms with van der Waals surface area (Å²) in [5.41, 5.74) is 1.21. The third-order valence-electron chi connectivity index (χ3n) is 3.18. The standard InChI is InChI=1S/C14H13N3O3/c18-17(19)11-5-6-15-14(8-11)16-9-12-7-10-3-1-2-4-13(10)20-12/h1-6,8,12H,7,9H2,(H,15,16). The van der Waals surface area contributed by atoms with Crippen LogP contribution in [0.3, 0.4) is 0 Å². The molecule has 0 fully saturated rings. The molecule has 0 bridgehead atoms. The van der Waals surface area contributed by atoms with Crippen molar-refractivity contribution in [1.29, 1.82) is 0 Å². The SMILES string of the molecule is O=[N+]([O-])c1ccnc(NCC2Cc3ccccc3O2)c1. The molecule has 1 aromatic heterocycles. The van der Waals surface area contributed by atoms with Crippen molar-refractivity contribution in [3.05, 3.63) is 58.3 Å². The van der Waals surface area contributed by atoms with Gasteiger partial charge in [0.1, 0.15) is 17.7 Å². The van der Waals surface area contributed by atoms with Crippen LogP contribution in [-0.2, 0) is 6.42 Å². The second-order valence-corrected chi connectivity index (χ2v) is 4.59. The summed E-state index contributed by atoms with van der Waals surface area (Å²) in [5, 5.41) is 13.8. The van der Waals surface area contributed by atoms with Crippen molar-refractivity contribution in [2.75, 3.05) is 11.9 Å². The Morgan fingerprint density at radius 3 is 3.05 bits per heavy atom. The number of rotatable bonds is 4. The zero-order valence-corrected chi connectivity index (χ0v) is 10.7. The van der Waals surface area contributed by atoms with Crippen LogP contribution in [0.1, 0.15) is 5.56 Å². The molecule has 1 unspecified atom stereocenters. The predicted octanol–water partition coefficient (Wildman–Crippen LogP) is 2.41. The summed E-state index contributed by atoms with van der Waals surface area (Å²) in [6.07, 6.45) is 2.27. The molecule has 1 N–H and O–H groups in total. The highest BCUT2D eigenvalue weighted by Gasteiger charge is 2.22. The Labute approximate surface area is 115 Å². The van der Waals surface area contributed by atoms with Crippen molar-refractivity contribution in [1.82, 2.24) is 4.98 Å². The van der Waals surface area contributed by atoms with Crippen LogP contribution >= 0.6 is 0 Å². The first kappa shape index (κ1) is 12.4. The van der Waals surface area contributed by atoms with E-state index in [0.717, 1.165) is 12.2 Å². The molecule has 0 radical (unpaired) electrons. The van der Waals surface area contributed by atoms with Gasteiger partial charge >= 0.3 is 0 Å². The Morgan fingerprint density at radius 1 is 1.40 bits per heavy atom. The third-order valence-corrected chi connectivity index (χ3v) is 3.18. The number of aromatic nitrogens is 1. The number of ether oxygens (including phenoxy) is 1. The van der Waals surface area contributed by atoms with E-state index in [2.05, 4.69) is 10.3 Å². The highest BCUT2D eigenvalue weighted by molar-refractivity contribution is 5.45. The first-order valence-electron chi connectivity index (χ1n) is 6.31. The monoisotopic (exact) mass is 271 g/mol. The number of fused-ring (bicyclic) bond motifs is 1. The highest BCUT2D eigenvalue weighted by atomic mass is 16.6. The molecule has 0 saturated heterocycles. The minimum absolute atomic E-state index is 0.0217. The Bertz CT molecular complexity index is 620. The van der Waals surface area contributed by atoms with Crippen LogP contribution in [0.25, 0.3) is 0 Å². The minimum atomic E-state index is -0.436. The number of anilines is 1. The van der Waals surface area contributed by atoms with E-state index in [1.165, 1.54) is 23.9 Å². The van der Waals surface area contributed by atoms with Gasteiger partial charge in [-0.25, -0.2) is 4.98 Å². The fourth-order valence-electron chi connectivity index (χ4n) is 2.22. The molecular weight excluding hydrogens is 258 g/mol. The van der Waals surface area contributed by atoms with Gasteiger partial charge in [0.25, 0.3) is 5.69 Å². The Hall–Kier alpha value is -2.63. The molecule has 20 heavy (non-hydrogen) atoms. The average molecular weight is 271 g/mol. The molecule has 1 aliphatic rings. The molecule has 6 nitrogen and oxygen atoms in total. The van der Waals surface area contributed by atoms with Gasteiger partial charge in [0, 0.05) is 18.7 Å². The van der Waals surface area contributed by atoms with Crippen molar-refractivity contribution in [3.63, 3.8) is 0 Å². The first-order chi connectivity index (χ1) is 9.72. The topological polar surface area (TPSA) is 77.3 Å². The second kappa shape index (κ2) is 5.16. The maximum absolute atomic E-state index is 10.7. The molecule has 2 aromatic rings. The molecule has 0 spiro atoms. The van der Waals surface area contributed by atoms with Crippen molar-refractivity contribution >= 4 is 11.5 Å². The van der Waals surface area contributed by atoms with Crippen molar-refractivity contribution in [2.24, 2.45) is 0 Å². The second-order valence-electron chi connectivity index (χ2n) is 4.59. The molecule has 0 saturated carbocycles. The average Bonchev–Trinajstić information content (AvgIpc) is 2.88. The van der Waals surface area contributed by atoms with Crippen molar-refractivity contribution in [3.8, 4) is 5.75 Å². The highest BCUT2D eigenvalue weighted by Crippen LogP contribution is 2.28. The summed E-state index contributed by atoms with van der Waals surface area (Å²) < 4.78 is 5.78. The van der Waals surface area contributed by atoms with E-state index in [1.54, 1.807) is 0 Å². The summed E-state index contributed by atoms with van der Waals surface area (Å²) >= 11 is 0. The first-order valence-corrected chi connectivity index (χ1v) is 6.31. The predicted molar refractivity (Wildman–Crippen MR) is 73.9 cm³/mol. The van der Waals surface area contributed by atoms with Crippen LogP contribution in [0.2, 0.25) is 0 Å². The number of hydrogen-bond acceptors (Lipinski definition) is 5. The van der Waals surface area contributed by atoms with E-state index in [1.807, 2.05) is 24.3 Å². The van der Waals surface area contributed by atoms with Crippen LogP contribution in [0, 0.1) is 10.1 Å². The van der Waals surface area contributed by atoms with Gasteiger partial charge < -0.3 is 10.1 Å². The molecule has 1 aromatic carbocycles. The molecule has 2 heterocycles. The molecule has 3 rings (SSSR count). The number of pyridine rings is 1. The van der Waals surface area contributed by atoms with E-state index in [4.69, 9.17) is 4.74 Å². The Kier molecular flexibility index (Phi) is 3.20. The van der Waals surface area contributed by atoms with E-state index < -0.39 is 4.92 Å². The van der Waals surface area contributed by atoms with E-state index >= 15 is 0 Å². The molecule has 0 amide bonds. The lowest BCUT2D eigenvalue weighted by molar-refractivity contribution is -0.384. The van der Waals surface area contributed by atoms with Gasteiger partial charge in [-0.05, 0) is 11.6 Å². The fraction of sp³-hybridized carbons (Fsp3) is 0.214. The van der Waals surface area contributed by atoms with Crippen LogP contribution < -0.4 is 10.1 Å². The molecule has 1 aliphatic heterocycles. The lowest BCUT2D eigenvalue weighted by Crippen LogP contribution is -2.24. The molecule has 102 valence electrons. The van der Waals surface area contributed by atoms with E-state index in [0.29, 0.717) is 12.4 Å². The summed E-state index contributed by atoms with van der Waals surface area (Å²) in [5.74, 6) is 1.39. The molecular formula is C14H13N3O3. The minimum Gasteiger partial charge on any atom is -0.488 e. The number of nitrogens with one attached hydrogen (secondary N) is 1. The van der Waals surface area contributed by atoms with E-state index in [-0.39, 0.29) is 11.8 Å². The van der Waals surface area contributed by atoms with Gasteiger partial charge in [-0.1, -0.05) is 18.2 Å². The number of benzene rings is 1. The Balaban J connectivity index is 1.61. The third kappa shape index (κ3) is 2.54. The van der Waals surface area contributed by atoms with Crippen LogP contribution in [0.15, 0.2) is 42.6 Å². The maximum atomic E-state index is 10.7. The van der Waals surface area contributed by atoms with Crippen molar-refractivity contribution < 1.29 is 9.66 Å². The van der Waals surface area contributed by atoms with Gasteiger partial charge in [-0.15, -0.1) is 0 Å². The van der Waals surface area contributed by atoms with Crippen LogP contribution in [-0.4, -0.2) is 22.6 Å². The van der Waals surface area contributed by atoms with Gasteiger partial charge in [0.15, 0.2) is 0 Å². The van der Waals surface area contributed by atoms with Crippen molar-refractivity contribution in [2.45, 2.75) is 12.5 Å². The largest absolute Gasteiger partial charge is 0.488 e. The zero-order valence-electron chi connectivity index (χ0n) is 10.7. The quantitative estimate of drug-likeness (QED) is 0.682. The number of para-hydroxylation sites is 1. The van der Waals surface area contributed by atoms with Gasteiger partial charge in [-0.2, -0.15) is 0 Å². The molecule has 0 aliphatic carbocycles. The smallest absolute Gasteiger partial charge is 0.274 e. The summed E-state index contributed by atoms with van der Waals surface area (Å²) in [6, 6.07) is 10.7. The summed E-state index contributed by atoms with van der Waals surface area (Å²) in [6.45, 7) is 0.558. The zero-order chi connectivity index (χ0) is 13.9. The number of nitro groups is 1. The van der Waals surface area contributed by atoms with Crippen LogP contribution in [0.4, 0.5) is 11.5 Å². The Morgan fingerprint density at radius 2 is 2.25 bits per heavy atom. The lowest BCUT2D eigenvalue weighted by atomic mass is 10.1.